The number of carbonyl (C=O) groups excluding carboxylic acids is 4. The summed E-state index contributed by atoms with van der Waals surface area (Å²) in [5.74, 6) is -2.42. The Bertz CT molecular complexity index is 970. The van der Waals surface area contributed by atoms with Crippen LogP contribution >= 0.6 is 0 Å². The third-order valence-electron chi connectivity index (χ3n) is 4.71. The summed E-state index contributed by atoms with van der Waals surface area (Å²) in [5, 5.41) is 2.66. The van der Waals surface area contributed by atoms with Gasteiger partial charge in [0.05, 0.1) is 18.6 Å². The molecular formula is C22H22N2O6. The van der Waals surface area contributed by atoms with Crippen molar-refractivity contribution in [3.63, 3.8) is 0 Å². The van der Waals surface area contributed by atoms with Gasteiger partial charge in [-0.25, -0.2) is 4.79 Å². The molecule has 1 heterocycles. The second-order valence-corrected chi connectivity index (χ2v) is 6.97. The van der Waals surface area contributed by atoms with Crippen molar-refractivity contribution in [2.75, 3.05) is 30.5 Å². The van der Waals surface area contributed by atoms with Gasteiger partial charge in [-0.15, -0.1) is 0 Å². The average molecular weight is 410 g/mol. The minimum atomic E-state index is -0.662. The first kappa shape index (κ1) is 21.0. The number of nitrogens with one attached hydrogen (secondary N) is 1. The number of nitrogens with zero attached hydrogens (tertiary/aromatic N) is 1. The topological polar surface area (TPSA) is 102 Å². The van der Waals surface area contributed by atoms with E-state index >= 15 is 0 Å². The third kappa shape index (κ3) is 5.02. The number of esters is 2. The molecule has 0 aliphatic carbocycles. The summed E-state index contributed by atoms with van der Waals surface area (Å²) in [6.45, 7) is 1.63. The zero-order valence-electron chi connectivity index (χ0n) is 16.7. The van der Waals surface area contributed by atoms with Gasteiger partial charge >= 0.3 is 11.9 Å². The molecular weight excluding hydrogens is 388 g/mol. The lowest BCUT2D eigenvalue weighted by Gasteiger charge is -2.16. The van der Waals surface area contributed by atoms with Crippen LogP contribution in [0.5, 0.6) is 0 Å². The average Bonchev–Trinajstić information content (AvgIpc) is 3.13. The largest absolute Gasteiger partial charge is 0.465 e. The zero-order chi connectivity index (χ0) is 21.7. The molecule has 30 heavy (non-hydrogen) atoms. The molecule has 2 amide bonds. The molecule has 0 unspecified atom stereocenters. The maximum atomic E-state index is 12.3. The van der Waals surface area contributed by atoms with Gasteiger partial charge in [0, 0.05) is 24.3 Å². The van der Waals surface area contributed by atoms with Gasteiger partial charge in [0.25, 0.3) is 5.91 Å². The summed E-state index contributed by atoms with van der Waals surface area (Å²) in [4.78, 5) is 49.6. The summed E-state index contributed by atoms with van der Waals surface area (Å²) in [7, 11) is 1.29. The Balaban J connectivity index is 1.53. The normalized spacial score (nSPS) is 15.6. The third-order valence-corrected chi connectivity index (χ3v) is 4.71. The van der Waals surface area contributed by atoms with Crippen LogP contribution < -0.4 is 10.2 Å². The van der Waals surface area contributed by atoms with Crippen LogP contribution in [0, 0.1) is 12.8 Å². The van der Waals surface area contributed by atoms with E-state index in [1.807, 2.05) is 19.1 Å². The highest BCUT2D eigenvalue weighted by Gasteiger charge is 2.36. The van der Waals surface area contributed by atoms with E-state index in [9.17, 15) is 19.2 Å². The zero-order valence-corrected chi connectivity index (χ0v) is 16.7. The Labute approximate surface area is 173 Å². The molecule has 2 aromatic carbocycles. The predicted octanol–water partition coefficient (Wildman–Crippen LogP) is 2.32. The molecule has 2 aromatic rings. The van der Waals surface area contributed by atoms with Crippen molar-refractivity contribution in [1.82, 2.24) is 0 Å². The highest BCUT2D eigenvalue weighted by atomic mass is 16.5. The number of hydrogen-bond acceptors (Lipinski definition) is 6. The van der Waals surface area contributed by atoms with E-state index in [1.54, 1.807) is 36.4 Å². The number of amides is 2. The molecule has 1 N–H and O–H groups in total. The van der Waals surface area contributed by atoms with Crippen LogP contribution in [0.25, 0.3) is 0 Å². The number of rotatable bonds is 6. The van der Waals surface area contributed by atoms with E-state index in [0.29, 0.717) is 16.9 Å². The van der Waals surface area contributed by atoms with Crippen LogP contribution in [0.3, 0.4) is 0 Å². The summed E-state index contributed by atoms with van der Waals surface area (Å²) < 4.78 is 9.74. The Morgan fingerprint density at radius 2 is 1.87 bits per heavy atom. The fourth-order valence-corrected chi connectivity index (χ4v) is 3.18. The number of methoxy groups -OCH3 is 1. The van der Waals surface area contributed by atoms with Crippen LogP contribution in [0.15, 0.2) is 48.5 Å². The van der Waals surface area contributed by atoms with Crippen LogP contribution in [0.2, 0.25) is 0 Å². The highest BCUT2D eigenvalue weighted by molar-refractivity contribution is 6.00. The molecule has 1 fully saturated rings. The van der Waals surface area contributed by atoms with E-state index in [1.165, 1.54) is 12.0 Å². The fraction of sp³-hybridized carbons (Fsp3) is 0.273. The Hall–Kier alpha value is -3.68. The van der Waals surface area contributed by atoms with Gasteiger partial charge in [-0.3, -0.25) is 14.4 Å². The lowest BCUT2D eigenvalue weighted by molar-refractivity contribution is -0.151. The van der Waals surface area contributed by atoms with Crippen molar-refractivity contribution in [2.45, 2.75) is 13.3 Å². The van der Waals surface area contributed by atoms with Gasteiger partial charge in [-0.05, 0) is 48.9 Å². The molecule has 1 aliphatic rings. The molecule has 0 saturated carbocycles. The van der Waals surface area contributed by atoms with Crippen molar-refractivity contribution >= 4 is 35.1 Å². The van der Waals surface area contributed by atoms with Crippen LogP contribution in [0.1, 0.15) is 22.3 Å². The van der Waals surface area contributed by atoms with Crippen LogP contribution in [0.4, 0.5) is 11.4 Å². The van der Waals surface area contributed by atoms with E-state index in [-0.39, 0.29) is 18.9 Å². The molecule has 8 heteroatoms. The quantitative estimate of drug-likeness (QED) is 0.734. The minimum Gasteiger partial charge on any atom is -0.465 e. The van der Waals surface area contributed by atoms with Crippen LogP contribution in [-0.2, 0) is 23.9 Å². The van der Waals surface area contributed by atoms with Gasteiger partial charge < -0.3 is 19.7 Å². The van der Waals surface area contributed by atoms with E-state index in [2.05, 4.69) is 10.1 Å². The monoisotopic (exact) mass is 410 g/mol. The second-order valence-electron chi connectivity index (χ2n) is 6.97. The maximum Gasteiger partial charge on any atom is 0.337 e. The fourth-order valence-electron chi connectivity index (χ4n) is 3.18. The molecule has 1 saturated heterocycles. The van der Waals surface area contributed by atoms with Crippen molar-refractivity contribution in [1.29, 1.82) is 0 Å². The van der Waals surface area contributed by atoms with Crippen molar-refractivity contribution in [2.24, 2.45) is 5.92 Å². The number of benzene rings is 2. The Kier molecular flexibility index (Phi) is 6.46. The number of aryl methyl sites for hydroxylation is 1. The van der Waals surface area contributed by atoms with Gasteiger partial charge in [0.2, 0.25) is 5.91 Å². The molecule has 0 bridgehead atoms. The van der Waals surface area contributed by atoms with E-state index in [0.717, 1.165) is 5.56 Å². The molecule has 156 valence electrons. The SMILES string of the molecule is COC(=O)c1ccc(N2C[C@@H](C(=O)OCC(=O)Nc3cccc(C)c3)CC2=O)cc1. The summed E-state index contributed by atoms with van der Waals surface area (Å²) >= 11 is 0. The summed E-state index contributed by atoms with van der Waals surface area (Å²) in [5.41, 5.74) is 2.55. The Morgan fingerprint density at radius 1 is 1.13 bits per heavy atom. The highest BCUT2D eigenvalue weighted by Crippen LogP contribution is 2.26. The molecule has 8 nitrogen and oxygen atoms in total. The van der Waals surface area contributed by atoms with Gasteiger partial charge in [0.15, 0.2) is 6.61 Å². The molecule has 0 spiro atoms. The molecule has 1 atom stereocenters. The van der Waals surface area contributed by atoms with Gasteiger partial charge in [-0.1, -0.05) is 12.1 Å². The second kappa shape index (κ2) is 9.21. The van der Waals surface area contributed by atoms with Gasteiger partial charge in [0.1, 0.15) is 0 Å². The number of hydrogen-bond donors (Lipinski definition) is 1. The summed E-state index contributed by atoms with van der Waals surface area (Å²) in [6, 6.07) is 13.6. The first-order valence-corrected chi connectivity index (χ1v) is 9.39. The van der Waals surface area contributed by atoms with Crippen LogP contribution in [-0.4, -0.2) is 44.0 Å². The number of ether oxygens (including phenoxy) is 2. The molecule has 0 radical (unpaired) electrons. The molecule has 3 rings (SSSR count). The lowest BCUT2D eigenvalue weighted by atomic mass is 10.1. The first-order valence-electron chi connectivity index (χ1n) is 9.39. The molecule has 0 aromatic heterocycles. The van der Waals surface area contributed by atoms with Crippen molar-refractivity contribution in [3.8, 4) is 0 Å². The molecule has 1 aliphatic heterocycles. The van der Waals surface area contributed by atoms with Crippen molar-refractivity contribution < 1.29 is 28.7 Å². The summed E-state index contributed by atoms with van der Waals surface area (Å²) in [6.07, 6.45) is -0.00289. The van der Waals surface area contributed by atoms with E-state index in [4.69, 9.17) is 4.74 Å². The number of carbonyl (C=O) groups is 4. The van der Waals surface area contributed by atoms with Gasteiger partial charge in [-0.2, -0.15) is 0 Å². The Morgan fingerprint density at radius 3 is 2.53 bits per heavy atom. The smallest absolute Gasteiger partial charge is 0.337 e. The van der Waals surface area contributed by atoms with Crippen molar-refractivity contribution in [3.05, 3.63) is 59.7 Å². The van der Waals surface area contributed by atoms with E-state index < -0.39 is 30.4 Å². The minimum absolute atomic E-state index is 0.00289. The predicted molar refractivity (Wildman–Crippen MR) is 109 cm³/mol. The lowest BCUT2D eigenvalue weighted by Crippen LogP contribution is -2.28. The maximum absolute atomic E-state index is 12.3. The number of anilines is 2. The first-order chi connectivity index (χ1) is 14.4. The standard InChI is InChI=1S/C22H22N2O6/c1-14-4-3-5-17(10-14)23-19(25)13-30-22(28)16-11-20(26)24(12-16)18-8-6-15(7-9-18)21(27)29-2/h3-10,16H,11-13H2,1-2H3,(H,23,25)/t16-/m0/s1.